The Morgan fingerprint density at radius 3 is 2.46 bits per heavy atom. The molecule has 0 aliphatic carbocycles. The number of anilines is 1. The molecule has 0 atom stereocenters. The van der Waals surface area contributed by atoms with Crippen molar-refractivity contribution in [2.75, 3.05) is 19.0 Å². The van der Waals surface area contributed by atoms with E-state index in [9.17, 15) is 10.1 Å². The van der Waals surface area contributed by atoms with Gasteiger partial charge in [-0.2, -0.15) is 5.26 Å². The first-order valence-electron chi connectivity index (χ1n) is 8.97. The van der Waals surface area contributed by atoms with Gasteiger partial charge in [-0.25, -0.2) is 0 Å². The minimum atomic E-state index is -0.493. The Hall–Kier alpha value is -3.46. The van der Waals surface area contributed by atoms with E-state index >= 15 is 0 Å². The van der Waals surface area contributed by atoms with E-state index in [2.05, 4.69) is 5.32 Å². The fraction of sp³-hybridized carbons (Fsp3) is 0.273. The van der Waals surface area contributed by atoms with Crippen molar-refractivity contribution in [3.63, 3.8) is 0 Å². The van der Waals surface area contributed by atoms with E-state index in [0.717, 1.165) is 0 Å². The van der Waals surface area contributed by atoms with Gasteiger partial charge < -0.3 is 19.5 Å². The van der Waals surface area contributed by atoms with Gasteiger partial charge in [0.15, 0.2) is 11.5 Å². The lowest BCUT2D eigenvalue weighted by molar-refractivity contribution is -0.112. The van der Waals surface area contributed by atoms with Crippen LogP contribution in [0.2, 0.25) is 0 Å². The van der Waals surface area contributed by atoms with Crippen LogP contribution < -0.4 is 19.5 Å². The van der Waals surface area contributed by atoms with E-state index in [1.165, 1.54) is 13.2 Å². The molecule has 0 spiro atoms. The molecular formula is C22H24N2O4. The number of ether oxygens (including phenoxy) is 3. The molecule has 0 saturated carbocycles. The summed E-state index contributed by atoms with van der Waals surface area (Å²) in [7, 11) is 1.54. The molecule has 28 heavy (non-hydrogen) atoms. The Labute approximate surface area is 165 Å². The van der Waals surface area contributed by atoms with E-state index < -0.39 is 5.91 Å². The zero-order valence-corrected chi connectivity index (χ0v) is 16.5. The van der Waals surface area contributed by atoms with Crippen LogP contribution in [0.15, 0.2) is 48.0 Å². The number of amides is 1. The van der Waals surface area contributed by atoms with Crippen molar-refractivity contribution in [3.05, 3.63) is 53.6 Å². The summed E-state index contributed by atoms with van der Waals surface area (Å²) in [6.45, 7) is 6.27. The van der Waals surface area contributed by atoms with Gasteiger partial charge >= 0.3 is 0 Å². The molecule has 6 nitrogen and oxygen atoms in total. The lowest BCUT2D eigenvalue weighted by Crippen LogP contribution is -2.13. The maximum absolute atomic E-state index is 12.4. The van der Waals surface area contributed by atoms with Crippen LogP contribution in [0.5, 0.6) is 17.2 Å². The van der Waals surface area contributed by atoms with Crippen molar-refractivity contribution >= 4 is 17.7 Å². The molecule has 0 aliphatic heterocycles. The normalized spacial score (nSPS) is 10.9. The summed E-state index contributed by atoms with van der Waals surface area (Å²) in [4.78, 5) is 12.4. The summed E-state index contributed by atoms with van der Waals surface area (Å²) in [5, 5.41) is 12.1. The molecule has 0 aliphatic rings. The topological polar surface area (TPSA) is 80.6 Å². The highest BCUT2D eigenvalue weighted by Gasteiger charge is 2.11. The minimum Gasteiger partial charge on any atom is -0.493 e. The molecule has 0 saturated heterocycles. The second-order valence-electron chi connectivity index (χ2n) is 6.16. The highest BCUT2D eigenvalue weighted by Crippen LogP contribution is 2.29. The Balaban J connectivity index is 2.15. The van der Waals surface area contributed by atoms with E-state index in [4.69, 9.17) is 14.2 Å². The van der Waals surface area contributed by atoms with Crippen LogP contribution in [-0.2, 0) is 4.79 Å². The molecule has 146 valence electrons. The number of benzene rings is 2. The summed E-state index contributed by atoms with van der Waals surface area (Å²) < 4.78 is 16.3. The highest BCUT2D eigenvalue weighted by atomic mass is 16.5. The molecule has 0 heterocycles. The second kappa shape index (κ2) is 10.0. The van der Waals surface area contributed by atoms with Gasteiger partial charge in [0.25, 0.3) is 5.91 Å². The van der Waals surface area contributed by atoms with Gasteiger partial charge in [0.05, 0.1) is 19.8 Å². The van der Waals surface area contributed by atoms with Crippen molar-refractivity contribution < 1.29 is 19.0 Å². The van der Waals surface area contributed by atoms with Gasteiger partial charge in [-0.3, -0.25) is 4.79 Å². The first-order chi connectivity index (χ1) is 13.5. The third-order valence-corrected chi connectivity index (χ3v) is 3.65. The van der Waals surface area contributed by atoms with Crippen LogP contribution in [0, 0.1) is 11.3 Å². The standard InChI is InChI=1S/C22H24N2O4/c1-5-27-20-11-6-16(13-21(20)26-4)12-17(14-23)22(25)24-18-7-9-19(10-8-18)28-15(2)3/h6-13,15H,5H2,1-4H3,(H,24,25)/b17-12+. The van der Waals surface area contributed by atoms with Gasteiger partial charge in [0.2, 0.25) is 0 Å². The molecule has 1 N–H and O–H groups in total. The number of carbonyl (C=O) groups is 1. The Kier molecular flexibility index (Phi) is 7.46. The molecule has 1 amide bonds. The average Bonchev–Trinajstić information content (AvgIpc) is 2.68. The quantitative estimate of drug-likeness (QED) is 0.541. The number of methoxy groups -OCH3 is 1. The van der Waals surface area contributed by atoms with Crippen molar-refractivity contribution in [1.29, 1.82) is 5.26 Å². The zero-order valence-electron chi connectivity index (χ0n) is 16.5. The van der Waals surface area contributed by atoms with Gasteiger partial charge in [0.1, 0.15) is 17.4 Å². The van der Waals surface area contributed by atoms with Crippen molar-refractivity contribution in [2.24, 2.45) is 0 Å². The highest BCUT2D eigenvalue weighted by molar-refractivity contribution is 6.09. The lowest BCUT2D eigenvalue weighted by atomic mass is 10.1. The predicted molar refractivity (Wildman–Crippen MR) is 109 cm³/mol. The molecule has 6 heteroatoms. The fourth-order valence-corrected chi connectivity index (χ4v) is 2.45. The first-order valence-corrected chi connectivity index (χ1v) is 8.97. The number of nitrogens with zero attached hydrogens (tertiary/aromatic N) is 1. The third kappa shape index (κ3) is 5.78. The number of hydrogen-bond acceptors (Lipinski definition) is 5. The van der Waals surface area contributed by atoms with Crippen LogP contribution >= 0.6 is 0 Å². The molecule has 2 rings (SSSR count). The zero-order chi connectivity index (χ0) is 20.5. The number of carbonyl (C=O) groups excluding carboxylic acids is 1. The average molecular weight is 380 g/mol. The van der Waals surface area contributed by atoms with Gasteiger partial charge in [-0.05, 0) is 68.8 Å². The minimum absolute atomic E-state index is 0.0197. The van der Waals surface area contributed by atoms with Crippen molar-refractivity contribution in [2.45, 2.75) is 26.9 Å². The van der Waals surface area contributed by atoms with Crippen LogP contribution in [0.25, 0.3) is 6.08 Å². The van der Waals surface area contributed by atoms with Crippen molar-refractivity contribution in [3.8, 4) is 23.3 Å². The molecule has 0 unspecified atom stereocenters. The lowest BCUT2D eigenvalue weighted by Gasteiger charge is -2.11. The van der Waals surface area contributed by atoms with E-state index in [0.29, 0.717) is 35.1 Å². The van der Waals surface area contributed by atoms with Gasteiger partial charge in [0, 0.05) is 5.69 Å². The predicted octanol–water partition coefficient (Wildman–Crippen LogP) is 4.43. The third-order valence-electron chi connectivity index (χ3n) is 3.65. The maximum atomic E-state index is 12.4. The largest absolute Gasteiger partial charge is 0.493 e. The molecule has 0 fully saturated rings. The number of nitriles is 1. The summed E-state index contributed by atoms with van der Waals surface area (Å²) in [6, 6.07) is 14.1. The molecule has 0 bridgehead atoms. The maximum Gasteiger partial charge on any atom is 0.266 e. The van der Waals surface area contributed by atoms with Crippen LogP contribution in [0.3, 0.4) is 0 Å². The van der Waals surface area contributed by atoms with Crippen LogP contribution in [0.1, 0.15) is 26.3 Å². The SMILES string of the molecule is CCOc1ccc(/C=C(\C#N)C(=O)Nc2ccc(OC(C)C)cc2)cc1OC. The molecule has 2 aromatic rings. The number of rotatable bonds is 8. The monoisotopic (exact) mass is 380 g/mol. The first kappa shape index (κ1) is 20.8. The van der Waals surface area contributed by atoms with E-state index in [-0.39, 0.29) is 11.7 Å². The van der Waals surface area contributed by atoms with E-state index in [1.807, 2.05) is 26.8 Å². The molecule has 0 aromatic heterocycles. The Morgan fingerprint density at radius 1 is 1.18 bits per heavy atom. The smallest absolute Gasteiger partial charge is 0.266 e. The summed E-state index contributed by atoms with van der Waals surface area (Å²) in [5.41, 5.74) is 1.22. The fourth-order valence-electron chi connectivity index (χ4n) is 2.45. The summed E-state index contributed by atoms with van der Waals surface area (Å²) in [5.74, 6) is 1.36. The van der Waals surface area contributed by atoms with Crippen LogP contribution in [-0.4, -0.2) is 25.7 Å². The number of hydrogen-bond donors (Lipinski definition) is 1. The van der Waals surface area contributed by atoms with Crippen LogP contribution in [0.4, 0.5) is 5.69 Å². The number of nitrogens with one attached hydrogen (secondary N) is 1. The second-order valence-corrected chi connectivity index (χ2v) is 6.16. The Bertz CT molecular complexity index is 880. The molecule has 2 aromatic carbocycles. The summed E-state index contributed by atoms with van der Waals surface area (Å²) >= 11 is 0. The molecule has 0 radical (unpaired) electrons. The molecular weight excluding hydrogens is 356 g/mol. The van der Waals surface area contributed by atoms with Gasteiger partial charge in [-0.1, -0.05) is 6.07 Å². The van der Waals surface area contributed by atoms with E-state index in [1.54, 1.807) is 42.5 Å². The Morgan fingerprint density at radius 2 is 1.89 bits per heavy atom. The summed E-state index contributed by atoms with van der Waals surface area (Å²) in [6.07, 6.45) is 1.57. The van der Waals surface area contributed by atoms with Crippen molar-refractivity contribution in [1.82, 2.24) is 0 Å². The van der Waals surface area contributed by atoms with Gasteiger partial charge in [-0.15, -0.1) is 0 Å².